The van der Waals surface area contributed by atoms with Crippen molar-refractivity contribution in [2.75, 3.05) is 12.4 Å². The highest BCUT2D eigenvalue weighted by atomic mass is 16.6. The lowest BCUT2D eigenvalue weighted by Crippen LogP contribution is -2.66. The molecule has 4 aliphatic heterocycles. The summed E-state index contributed by atoms with van der Waals surface area (Å²) in [4.78, 5) is 15.4. The average molecular weight is 324 g/mol. The molecule has 1 aliphatic carbocycles. The molecule has 1 saturated carbocycles. The number of anilines is 1. The minimum absolute atomic E-state index is 0.0571. The monoisotopic (exact) mass is 324 g/mol. The predicted molar refractivity (Wildman–Crippen MR) is 87.0 cm³/mol. The molecule has 3 saturated heterocycles. The minimum atomic E-state index is -0.499. The number of carbonyl (C=O) groups is 1. The number of nitrogens with one attached hydrogen (secondary N) is 1. The molecule has 0 radical (unpaired) electrons. The van der Waals surface area contributed by atoms with Gasteiger partial charge in [-0.1, -0.05) is 24.3 Å². The van der Waals surface area contributed by atoms with Gasteiger partial charge in [0.25, 0.3) is 0 Å². The average Bonchev–Trinajstić information content (AvgIpc) is 3.24. The van der Waals surface area contributed by atoms with E-state index in [9.17, 15) is 4.79 Å². The van der Waals surface area contributed by atoms with Crippen molar-refractivity contribution in [1.82, 2.24) is 4.90 Å². The minimum Gasteiger partial charge on any atom is -0.469 e. The van der Waals surface area contributed by atoms with E-state index < -0.39 is 5.72 Å². The summed E-state index contributed by atoms with van der Waals surface area (Å²) < 4.78 is 11.9. The van der Waals surface area contributed by atoms with E-state index in [1.165, 1.54) is 18.4 Å². The van der Waals surface area contributed by atoms with Crippen LogP contribution in [0.2, 0.25) is 0 Å². The normalized spacial score (nSPS) is 47.1. The maximum Gasteiger partial charge on any atom is 0.310 e. The van der Waals surface area contributed by atoms with Gasteiger partial charge in [0, 0.05) is 23.7 Å². The molecule has 4 bridgehead atoms. The number of benzene rings is 1. The number of hydrogen-bond donors (Lipinski definition) is 1. The highest BCUT2D eigenvalue weighted by Gasteiger charge is 2.84. The first-order valence-electron chi connectivity index (χ1n) is 8.76. The zero-order valence-corrected chi connectivity index (χ0v) is 13.8. The van der Waals surface area contributed by atoms with E-state index in [1.807, 2.05) is 6.07 Å². The Balaban J connectivity index is 1.69. The topological polar surface area (TPSA) is 50.8 Å². The standard InChI is InChI=1S/C19H20N2O3/c1-3-13-10-8-14-19-18(16(10)17(22)23-2,9-15(24-19)21(13)14)11-6-4-5-7-12(11)20-19/h3-7,10,14-16,20H,8-9H2,1-2H3/b13-3+/t10-,14?,15?,16+,18+,19+/m1/s1. The number of carbonyl (C=O) groups excluding carboxylic acids is 1. The van der Waals surface area contributed by atoms with Crippen LogP contribution >= 0.6 is 0 Å². The van der Waals surface area contributed by atoms with Crippen molar-refractivity contribution < 1.29 is 14.3 Å². The van der Waals surface area contributed by atoms with Crippen LogP contribution in [0.3, 0.4) is 0 Å². The number of nitrogens with zero attached hydrogens (tertiary/aromatic N) is 1. The fourth-order valence-corrected chi connectivity index (χ4v) is 6.64. The Kier molecular flexibility index (Phi) is 2.11. The summed E-state index contributed by atoms with van der Waals surface area (Å²) in [6.45, 7) is 2.07. The molecule has 24 heavy (non-hydrogen) atoms. The second kappa shape index (κ2) is 3.80. The van der Waals surface area contributed by atoms with Crippen molar-refractivity contribution in [3.05, 3.63) is 41.6 Å². The number of rotatable bonds is 1. The molecule has 5 aliphatic rings. The third-order valence-corrected chi connectivity index (χ3v) is 7.16. The quantitative estimate of drug-likeness (QED) is 0.803. The van der Waals surface area contributed by atoms with Crippen LogP contribution in [0.1, 0.15) is 25.3 Å². The maximum atomic E-state index is 13.0. The number of allylic oxidation sites excluding steroid dienone is 2. The van der Waals surface area contributed by atoms with Gasteiger partial charge in [0.05, 0.1) is 24.5 Å². The van der Waals surface area contributed by atoms with Crippen LogP contribution < -0.4 is 5.32 Å². The van der Waals surface area contributed by atoms with Crippen LogP contribution in [0.4, 0.5) is 5.69 Å². The second-order valence-electron chi connectivity index (χ2n) is 7.63. The summed E-state index contributed by atoms with van der Waals surface area (Å²) in [6, 6.07) is 8.68. The number of fused-ring (bicyclic) bond motifs is 4. The van der Waals surface area contributed by atoms with Gasteiger partial charge in [0.2, 0.25) is 0 Å². The molecule has 1 N–H and O–H groups in total. The first-order chi connectivity index (χ1) is 11.7. The van der Waals surface area contributed by atoms with E-state index in [4.69, 9.17) is 9.47 Å². The Morgan fingerprint density at radius 3 is 3.08 bits per heavy atom. The predicted octanol–water partition coefficient (Wildman–Crippen LogP) is 2.20. The fourth-order valence-electron chi connectivity index (χ4n) is 6.64. The highest BCUT2D eigenvalue weighted by molar-refractivity contribution is 5.81. The Morgan fingerprint density at radius 2 is 2.29 bits per heavy atom. The zero-order valence-electron chi connectivity index (χ0n) is 13.8. The van der Waals surface area contributed by atoms with Crippen LogP contribution in [0, 0.1) is 11.8 Å². The lowest BCUT2D eigenvalue weighted by atomic mass is 9.54. The summed E-state index contributed by atoms with van der Waals surface area (Å²) in [5.41, 5.74) is 2.79. The number of esters is 1. The largest absolute Gasteiger partial charge is 0.469 e. The molecule has 2 unspecified atom stereocenters. The van der Waals surface area contributed by atoms with Gasteiger partial charge in [-0.15, -0.1) is 0 Å². The Morgan fingerprint density at radius 1 is 1.46 bits per heavy atom. The summed E-state index contributed by atoms with van der Waals surface area (Å²) in [7, 11) is 1.51. The second-order valence-corrected chi connectivity index (χ2v) is 7.63. The number of para-hydroxylation sites is 1. The highest BCUT2D eigenvalue weighted by Crippen LogP contribution is 2.74. The molecule has 6 rings (SSSR count). The van der Waals surface area contributed by atoms with Crippen molar-refractivity contribution in [2.24, 2.45) is 11.8 Å². The van der Waals surface area contributed by atoms with E-state index in [-0.39, 0.29) is 29.4 Å². The van der Waals surface area contributed by atoms with Crippen LogP contribution in [-0.4, -0.2) is 36.0 Å². The van der Waals surface area contributed by atoms with Gasteiger partial charge in [-0.05, 0) is 25.0 Å². The molecule has 5 nitrogen and oxygen atoms in total. The molecule has 4 heterocycles. The first kappa shape index (κ1) is 13.3. The third-order valence-electron chi connectivity index (χ3n) is 7.16. The van der Waals surface area contributed by atoms with Gasteiger partial charge < -0.3 is 19.7 Å². The molecule has 124 valence electrons. The molecule has 0 amide bonds. The lowest BCUT2D eigenvalue weighted by molar-refractivity contribution is -0.156. The zero-order chi connectivity index (χ0) is 16.3. The smallest absolute Gasteiger partial charge is 0.310 e. The molecule has 5 heteroatoms. The van der Waals surface area contributed by atoms with Gasteiger partial charge in [-0.3, -0.25) is 4.79 Å². The summed E-state index contributed by atoms with van der Waals surface area (Å²) in [5.74, 6) is -0.0743. The van der Waals surface area contributed by atoms with Crippen LogP contribution in [0.5, 0.6) is 0 Å². The van der Waals surface area contributed by atoms with Crippen molar-refractivity contribution in [2.45, 2.75) is 43.2 Å². The Labute approximate surface area is 140 Å². The van der Waals surface area contributed by atoms with Gasteiger partial charge in [-0.2, -0.15) is 0 Å². The van der Waals surface area contributed by atoms with Crippen molar-refractivity contribution in [3.8, 4) is 0 Å². The molecule has 4 fully saturated rings. The first-order valence-corrected chi connectivity index (χ1v) is 8.76. The molecule has 1 aromatic carbocycles. The van der Waals surface area contributed by atoms with Crippen LogP contribution in [0.15, 0.2) is 36.0 Å². The molecular formula is C19H20N2O3. The molecular weight excluding hydrogens is 304 g/mol. The summed E-state index contributed by atoms with van der Waals surface area (Å²) in [5, 5.41) is 3.71. The number of methoxy groups -OCH3 is 1. The van der Waals surface area contributed by atoms with E-state index in [1.54, 1.807) is 0 Å². The molecule has 1 aromatic rings. The SMILES string of the molecule is C/C=C1\[C@H]2CC3N1C1C[C@]4(c5ccccc5N[C@]34O1)[C@@H]2C(=O)OC. The van der Waals surface area contributed by atoms with E-state index >= 15 is 0 Å². The van der Waals surface area contributed by atoms with E-state index in [2.05, 4.69) is 41.4 Å². The van der Waals surface area contributed by atoms with Crippen molar-refractivity contribution in [3.63, 3.8) is 0 Å². The van der Waals surface area contributed by atoms with Crippen molar-refractivity contribution in [1.29, 1.82) is 0 Å². The summed E-state index contributed by atoms with van der Waals surface area (Å²) >= 11 is 0. The third kappa shape index (κ3) is 1.05. The maximum absolute atomic E-state index is 13.0. The number of piperidine rings is 1. The van der Waals surface area contributed by atoms with Crippen molar-refractivity contribution >= 4 is 11.7 Å². The van der Waals surface area contributed by atoms with Gasteiger partial charge in [-0.25, -0.2) is 0 Å². The number of hydrogen-bond acceptors (Lipinski definition) is 5. The lowest BCUT2D eigenvalue weighted by Gasteiger charge is -2.50. The Bertz CT molecular complexity index is 821. The molecule has 6 atom stereocenters. The van der Waals surface area contributed by atoms with Gasteiger partial charge in [0.15, 0.2) is 5.72 Å². The fraction of sp³-hybridized carbons (Fsp3) is 0.526. The van der Waals surface area contributed by atoms with Gasteiger partial charge in [0.1, 0.15) is 6.23 Å². The Hall–Kier alpha value is -2.01. The molecule has 1 spiro atoms. The van der Waals surface area contributed by atoms with Crippen LogP contribution in [-0.2, 0) is 19.7 Å². The van der Waals surface area contributed by atoms with E-state index in [0.29, 0.717) is 6.04 Å². The van der Waals surface area contributed by atoms with E-state index in [0.717, 1.165) is 18.5 Å². The molecule has 0 aromatic heterocycles. The summed E-state index contributed by atoms with van der Waals surface area (Å²) in [6.07, 6.45) is 4.03. The van der Waals surface area contributed by atoms with Gasteiger partial charge >= 0.3 is 5.97 Å². The number of ether oxygens (including phenoxy) is 2. The van der Waals surface area contributed by atoms with Crippen LogP contribution in [0.25, 0.3) is 0 Å².